The molecule has 0 radical (unpaired) electrons. The molecule has 0 amide bonds. The lowest BCUT2D eigenvalue weighted by Gasteiger charge is -2.08. The minimum Gasteiger partial charge on any atom is -0.275 e. The summed E-state index contributed by atoms with van der Waals surface area (Å²) in [7, 11) is -3.40. The average molecular weight is 276 g/mol. The Hall–Kier alpha value is -2.38. The van der Waals surface area contributed by atoms with Gasteiger partial charge in [-0.2, -0.15) is 15.6 Å². The van der Waals surface area contributed by atoms with E-state index in [0.717, 1.165) is 0 Å². The van der Waals surface area contributed by atoms with Crippen molar-refractivity contribution in [2.75, 3.05) is 11.2 Å². The van der Waals surface area contributed by atoms with Crippen LogP contribution in [0.3, 0.4) is 0 Å². The van der Waals surface area contributed by atoms with Crippen LogP contribution in [0.5, 0.6) is 0 Å². The van der Waals surface area contributed by atoms with E-state index >= 15 is 0 Å². The number of nitrogens with one attached hydrogen (secondary N) is 1. The third-order valence-corrected chi connectivity index (χ3v) is 4.17. The highest BCUT2D eigenvalue weighted by atomic mass is 32.2. The minimum absolute atomic E-state index is 0.0266. The van der Waals surface area contributed by atoms with Gasteiger partial charge in [-0.05, 0) is 18.6 Å². The molecule has 0 spiro atoms. The van der Waals surface area contributed by atoms with Gasteiger partial charge in [-0.15, -0.1) is 0 Å². The highest BCUT2D eigenvalue weighted by molar-refractivity contribution is 7.91. The molecule has 98 valence electrons. The summed E-state index contributed by atoms with van der Waals surface area (Å²) in [4.78, 5) is 0.107. The Kier molecular flexibility index (Phi) is 5.04. The van der Waals surface area contributed by atoms with Crippen LogP contribution in [0.2, 0.25) is 0 Å². The third-order valence-electron chi connectivity index (χ3n) is 2.19. The molecule has 0 heterocycles. The molecule has 0 atom stereocenters. The van der Waals surface area contributed by atoms with Crippen LogP contribution < -0.4 is 5.43 Å². The number of nitrogens with zero attached hydrogens (tertiary/aromatic N) is 3. The van der Waals surface area contributed by atoms with Crippen LogP contribution in [0.25, 0.3) is 0 Å². The van der Waals surface area contributed by atoms with Crippen LogP contribution in [0.4, 0.5) is 5.69 Å². The fourth-order valence-electron chi connectivity index (χ4n) is 1.40. The Labute approximate surface area is 111 Å². The summed E-state index contributed by atoms with van der Waals surface area (Å²) < 4.78 is 24.0. The van der Waals surface area contributed by atoms with Gasteiger partial charge in [0.15, 0.2) is 9.84 Å². The van der Waals surface area contributed by atoms with Crippen LogP contribution in [0.1, 0.15) is 13.3 Å². The van der Waals surface area contributed by atoms with E-state index in [1.54, 1.807) is 31.2 Å². The second-order valence-electron chi connectivity index (χ2n) is 3.61. The maximum atomic E-state index is 12.0. The van der Waals surface area contributed by atoms with Crippen LogP contribution in [0.15, 0.2) is 34.3 Å². The molecular formula is C12H12N4O2S. The Bertz CT molecular complexity index is 650. The smallest absolute Gasteiger partial charge is 0.237 e. The van der Waals surface area contributed by atoms with E-state index in [1.165, 1.54) is 12.1 Å². The number of hydrazone groups is 1. The molecule has 0 aromatic heterocycles. The summed E-state index contributed by atoms with van der Waals surface area (Å²) in [5, 5.41) is 20.7. The SMILES string of the molecule is CCCS(=O)(=O)c1ccccc1NN=C(C#N)C#N. The van der Waals surface area contributed by atoms with Crippen molar-refractivity contribution < 1.29 is 8.42 Å². The fourth-order valence-corrected chi connectivity index (χ4v) is 2.89. The first-order valence-corrected chi connectivity index (χ1v) is 7.16. The average Bonchev–Trinajstić information content (AvgIpc) is 2.40. The molecule has 7 heteroatoms. The highest BCUT2D eigenvalue weighted by Gasteiger charge is 2.17. The lowest BCUT2D eigenvalue weighted by atomic mass is 10.3. The van der Waals surface area contributed by atoms with Crippen molar-refractivity contribution in [3.8, 4) is 12.1 Å². The van der Waals surface area contributed by atoms with E-state index in [0.29, 0.717) is 6.42 Å². The summed E-state index contributed by atoms with van der Waals surface area (Å²) in [5.41, 5.74) is 2.32. The Balaban J connectivity index is 3.16. The number of benzene rings is 1. The molecule has 1 rings (SSSR count). The molecule has 1 N–H and O–H groups in total. The molecule has 0 fully saturated rings. The van der Waals surface area contributed by atoms with Crippen LogP contribution in [-0.4, -0.2) is 19.9 Å². The fraction of sp³-hybridized carbons (Fsp3) is 0.250. The topological polar surface area (TPSA) is 106 Å². The Morgan fingerprint density at radius 1 is 1.32 bits per heavy atom. The quantitative estimate of drug-likeness (QED) is 0.650. The largest absolute Gasteiger partial charge is 0.275 e. The second-order valence-corrected chi connectivity index (χ2v) is 5.69. The molecule has 0 aliphatic rings. The molecule has 6 nitrogen and oxygen atoms in total. The van der Waals surface area contributed by atoms with Gasteiger partial charge in [0, 0.05) is 0 Å². The molecular weight excluding hydrogens is 264 g/mol. The second kappa shape index (κ2) is 6.53. The molecule has 1 aromatic rings. The summed E-state index contributed by atoms with van der Waals surface area (Å²) in [6.07, 6.45) is 0.502. The first-order valence-electron chi connectivity index (χ1n) is 5.51. The molecule has 0 bridgehead atoms. The molecule has 0 aliphatic carbocycles. The molecule has 0 saturated heterocycles. The van der Waals surface area contributed by atoms with E-state index in [-0.39, 0.29) is 22.0 Å². The highest BCUT2D eigenvalue weighted by Crippen LogP contribution is 2.22. The number of sulfone groups is 1. The van der Waals surface area contributed by atoms with Crippen molar-refractivity contribution in [1.82, 2.24) is 0 Å². The van der Waals surface area contributed by atoms with Crippen molar-refractivity contribution in [1.29, 1.82) is 10.5 Å². The van der Waals surface area contributed by atoms with E-state index in [2.05, 4.69) is 10.5 Å². The molecule has 0 aliphatic heterocycles. The van der Waals surface area contributed by atoms with Gasteiger partial charge in [0.05, 0.1) is 16.3 Å². The Morgan fingerprint density at radius 3 is 2.53 bits per heavy atom. The van der Waals surface area contributed by atoms with Gasteiger partial charge < -0.3 is 0 Å². The number of hydrogen-bond donors (Lipinski definition) is 1. The number of hydrogen-bond acceptors (Lipinski definition) is 6. The number of para-hydroxylation sites is 1. The predicted molar refractivity (Wildman–Crippen MR) is 71.1 cm³/mol. The van der Waals surface area contributed by atoms with Crippen molar-refractivity contribution in [2.24, 2.45) is 5.10 Å². The lowest BCUT2D eigenvalue weighted by Crippen LogP contribution is -2.09. The van der Waals surface area contributed by atoms with Crippen LogP contribution in [0, 0.1) is 22.7 Å². The monoisotopic (exact) mass is 276 g/mol. The summed E-state index contributed by atoms with van der Waals surface area (Å²) >= 11 is 0. The zero-order valence-corrected chi connectivity index (χ0v) is 11.1. The van der Waals surface area contributed by atoms with E-state index in [4.69, 9.17) is 10.5 Å². The maximum Gasteiger partial charge on any atom is 0.237 e. The zero-order valence-electron chi connectivity index (χ0n) is 10.3. The van der Waals surface area contributed by atoms with Crippen molar-refractivity contribution in [2.45, 2.75) is 18.2 Å². The number of nitriles is 2. The molecule has 0 unspecified atom stereocenters. The first kappa shape index (κ1) is 14.7. The van der Waals surface area contributed by atoms with Gasteiger partial charge in [0.25, 0.3) is 0 Å². The van der Waals surface area contributed by atoms with Gasteiger partial charge in [0.1, 0.15) is 12.1 Å². The van der Waals surface area contributed by atoms with Crippen LogP contribution in [-0.2, 0) is 9.84 Å². The van der Waals surface area contributed by atoms with E-state index in [1.807, 2.05) is 0 Å². The van der Waals surface area contributed by atoms with Gasteiger partial charge in [-0.25, -0.2) is 8.42 Å². The van der Waals surface area contributed by atoms with Crippen molar-refractivity contribution in [3.05, 3.63) is 24.3 Å². The summed E-state index contributed by atoms with van der Waals surface area (Å²) in [6, 6.07) is 9.39. The normalized spacial score (nSPS) is 10.1. The van der Waals surface area contributed by atoms with E-state index in [9.17, 15) is 8.42 Å². The summed E-state index contributed by atoms with van der Waals surface area (Å²) in [5.74, 6) is 0.0266. The zero-order chi connectivity index (χ0) is 14.3. The van der Waals surface area contributed by atoms with Crippen molar-refractivity contribution >= 4 is 21.2 Å². The number of rotatable bonds is 5. The predicted octanol–water partition coefficient (Wildman–Crippen LogP) is 1.69. The molecule has 0 saturated carbocycles. The Morgan fingerprint density at radius 2 is 1.95 bits per heavy atom. The van der Waals surface area contributed by atoms with Gasteiger partial charge in [-0.3, -0.25) is 5.43 Å². The van der Waals surface area contributed by atoms with Gasteiger partial charge in [0.2, 0.25) is 5.71 Å². The van der Waals surface area contributed by atoms with Gasteiger partial charge in [-0.1, -0.05) is 19.1 Å². The molecule has 1 aromatic carbocycles. The lowest BCUT2D eigenvalue weighted by molar-refractivity contribution is 0.595. The third kappa shape index (κ3) is 3.80. The summed E-state index contributed by atoms with van der Waals surface area (Å²) in [6.45, 7) is 1.77. The number of anilines is 1. The van der Waals surface area contributed by atoms with Crippen molar-refractivity contribution in [3.63, 3.8) is 0 Å². The minimum atomic E-state index is -3.40. The molecule has 19 heavy (non-hydrogen) atoms. The first-order chi connectivity index (χ1) is 9.05. The maximum absolute atomic E-state index is 12.0. The van der Waals surface area contributed by atoms with Gasteiger partial charge >= 0.3 is 0 Å². The standard InChI is InChI=1S/C12H12N4O2S/c1-2-7-19(17,18)12-6-4-3-5-11(12)16-15-10(8-13)9-14/h3-6,16H,2,7H2,1H3. The van der Waals surface area contributed by atoms with E-state index < -0.39 is 9.84 Å². The van der Waals surface area contributed by atoms with Crippen LogP contribution >= 0.6 is 0 Å².